The van der Waals surface area contributed by atoms with Crippen LogP contribution in [-0.4, -0.2) is 56.6 Å². The van der Waals surface area contributed by atoms with Crippen LogP contribution in [0.15, 0.2) is 60.7 Å². The second-order valence-corrected chi connectivity index (χ2v) is 13.1. The number of hydrogen-bond acceptors (Lipinski definition) is 5. The number of carbonyl (C=O) groups excluding carboxylic acids is 2. The van der Waals surface area contributed by atoms with Gasteiger partial charge in [-0.05, 0) is 85.0 Å². The second-order valence-electron chi connectivity index (χ2n) is 13.1. The number of nitrogens with zero attached hydrogens (tertiary/aromatic N) is 4. The van der Waals surface area contributed by atoms with Crippen LogP contribution in [0.1, 0.15) is 43.0 Å². The molecule has 3 fully saturated rings. The molecule has 1 aliphatic heterocycles. The molecule has 0 spiro atoms. The lowest BCUT2D eigenvalue weighted by atomic mass is 10.0. The number of piperidine rings is 1. The molecule has 1 saturated heterocycles. The largest absolute Gasteiger partial charge is 0.494 e. The summed E-state index contributed by atoms with van der Waals surface area (Å²) < 4.78 is 10.4. The van der Waals surface area contributed by atoms with Gasteiger partial charge in [0.1, 0.15) is 11.3 Å². The van der Waals surface area contributed by atoms with Crippen molar-refractivity contribution in [3.8, 4) is 28.4 Å². The summed E-state index contributed by atoms with van der Waals surface area (Å²) in [5, 5.41) is 4.03. The molecular weight excluding hydrogens is 564 g/mol. The highest BCUT2D eigenvalue weighted by molar-refractivity contribution is 6.01. The normalized spacial score (nSPS) is 20.8. The number of aryl methyl sites for hydroxylation is 1. The molecule has 3 N–H and O–H groups in total. The molecule has 3 aliphatic rings. The molecule has 45 heavy (non-hydrogen) atoms. The fraction of sp³-hybridized carbons (Fsp3) is 0.361. The zero-order valence-electron chi connectivity index (χ0n) is 25.9. The van der Waals surface area contributed by atoms with Gasteiger partial charge in [0.2, 0.25) is 5.91 Å². The Morgan fingerprint density at radius 3 is 2.56 bits per heavy atom. The summed E-state index contributed by atoms with van der Waals surface area (Å²) in [6.07, 6.45) is 4.52. The summed E-state index contributed by atoms with van der Waals surface area (Å²) in [6, 6.07) is 20.6. The molecule has 2 aliphatic carbocycles. The number of aromatic nitrogens is 3. The number of ether oxygens (including phenoxy) is 1. The first-order chi connectivity index (χ1) is 21.8. The number of fused-ring (bicyclic) bond motifs is 4. The van der Waals surface area contributed by atoms with Gasteiger partial charge < -0.3 is 29.8 Å². The van der Waals surface area contributed by atoms with Gasteiger partial charge in [-0.2, -0.15) is 0 Å². The van der Waals surface area contributed by atoms with E-state index in [4.69, 9.17) is 15.5 Å². The van der Waals surface area contributed by atoms with Crippen LogP contribution in [-0.2, 0) is 18.4 Å². The van der Waals surface area contributed by atoms with Crippen LogP contribution in [0.2, 0.25) is 0 Å². The van der Waals surface area contributed by atoms with Gasteiger partial charge in [-0.3, -0.25) is 9.59 Å². The van der Waals surface area contributed by atoms with Gasteiger partial charge in [-0.25, -0.2) is 4.98 Å². The van der Waals surface area contributed by atoms with E-state index >= 15 is 0 Å². The highest BCUT2D eigenvalue weighted by Crippen LogP contribution is 2.41. The standard InChI is InChI=1S/C36H38N6O3/c1-20(43)38-27-6-4-5-22(13-27)23-9-10-24-16-31(41(30(24)15-23)18-21-7-8-21)35-39-28-14-26(17-32(45-3)34(28)40(35)2)36(44)42-19-25-11-12-29(42)33(25)37/h4-6,9-10,13-17,21,25,29,33H,7-8,11-12,18-19,37H2,1-3H3,(H,38,43). The number of amides is 2. The minimum atomic E-state index is -0.0895. The van der Waals surface area contributed by atoms with Gasteiger partial charge in [0.15, 0.2) is 5.82 Å². The summed E-state index contributed by atoms with van der Waals surface area (Å²) in [7, 11) is 3.67. The number of methoxy groups -OCH3 is 1. The Bertz CT molecular complexity index is 2000. The van der Waals surface area contributed by atoms with E-state index in [-0.39, 0.29) is 23.9 Å². The third kappa shape index (κ3) is 4.68. The van der Waals surface area contributed by atoms with E-state index in [0.29, 0.717) is 23.1 Å². The van der Waals surface area contributed by atoms with Gasteiger partial charge in [-0.15, -0.1) is 0 Å². The third-order valence-electron chi connectivity index (χ3n) is 10.1. The van der Waals surface area contributed by atoms with Crippen LogP contribution >= 0.6 is 0 Å². The smallest absolute Gasteiger partial charge is 0.254 e. The molecule has 2 aromatic heterocycles. The van der Waals surface area contributed by atoms with E-state index in [9.17, 15) is 9.59 Å². The number of benzene rings is 3. The van der Waals surface area contributed by atoms with Crippen LogP contribution < -0.4 is 15.8 Å². The number of carbonyl (C=O) groups is 2. The van der Waals surface area contributed by atoms with Crippen LogP contribution in [0.3, 0.4) is 0 Å². The number of nitrogens with two attached hydrogens (primary N) is 1. The maximum atomic E-state index is 13.7. The second kappa shape index (κ2) is 10.5. The number of likely N-dealkylation sites (tertiary alicyclic amines) is 1. The van der Waals surface area contributed by atoms with Crippen molar-refractivity contribution in [2.24, 2.45) is 24.6 Å². The molecule has 3 heterocycles. The quantitative estimate of drug-likeness (QED) is 0.245. The molecule has 0 radical (unpaired) electrons. The maximum Gasteiger partial charge on any atom is 0.254 e. The summed E-state index contributed by atoms with van der Waals surface area (Å²) in [5.41, 5.74) is 13.7. The van der Waals surface area contributed by atoms with Gasteiger partial charge in [0.25, 0.3) is 5.91 Å². The Morgan fingerprint density at radius 2 is 1.84 bits per heavy atom. The molecule has 9 nitrogen and oxygen atoms in total. The van der Waals surface area contributed by atoms with Crippen molar-refractivity contribution in [3.05, 3.63) is 66.2 Å². The molecular formula is C36H38N6O3. The van der Waals surface area contributed by atoms with E-state index in [0.717, 1.165) is 76.2 Å². The molecule has 3 atom stereocenters. The molecule has 230 valence electrons. The summed E-state index contributed by atoms with van der Waals surface area (Å²) >= 11 is 0. The number of anilines is 1. The first kappa shape index (κ1) is 27.9. The topological polar surface area (TPSA) is 107 Å². The van der Waals surface area contributed by atoms with Crippen molar-refractivity contribution < 1.29 is 14.3 Å². The van der Waals surface area contributed by atoms with Crippen LogP contribution in [0.4, 0.5) is 5.69 Å². The Hall–Kier alpha value is -4.63. The lowest BCUT2D eigenvalue weighted by molar-refractivity contribution is -0.114. The van der Waals surface area contributed by atoms with Gasteiger partial charge >= 0.3 is 0 Å². The molecule has 8 rings (SSSR count). The highest BCUT2D eigenvalue weighted by Gasteiger charge is 2.47. The SMILES string of the molecule is COc1cc(C(=O)N2CC3CCC2C3N)cc2nc(-c3cc4ccc(-c5cccc(NC(C)=O)c5)cc4n3CC3CC3)n(C)c12. The molecule has 5 aromatic rings. The van der Waals surface area contributed by atoms with Crippen LogP contribution in [0.25, 0.3) is 44.6 Å². The molecule has 2 bridgehead atoms. The van der Waals surface area contributed by atoms with E-state index in [1.807, 2.05) is 42.3 Å². The Balaban J connectivity index is 1.22. The van der Waals surface area contributed by atoms with Gasteiger partial charge in [0, 0.05) is 61.3 Å². The molecule has 2 amide bonds. The van der Waals surface area contributed by atoms with Crippen molar-refractivity contribution in [2.75, 3.05) is 19.0 Å². The summed E-state index contributed by atoms with van der Waals surface area (Å²) in [6.45, 7) is 3.16. The minimum absolute atomic E-state index is 0.00278. The predicted octanol–water partition coefficient (Wildman–Crippen LogP) is 5.80. The Morgan fingerprint density at radius 1 is 1.02 bits per heavy atom. The molecule has 2 saturated carbocycles. The summed E-state index contributed by atoms with van der Waals surface area (Å²) in [4.78, 5) is 32.5. The zero-order valence-corrected chi connectivity index (χ0v) is 25.9. The Labute approximate surface area is 262 Å². The van der Waals surface area contributed by atoms with E-state index in [1.54, 1.807) is 7.11 Å². The lowest BCUT2D eigenvalue weighted by Gasteiger charge is -2.27. The fourth-order valence-corrected chi connectivity index (χ4v) is 7.62. The van der Waals surface area contributed by atoms with Crippen molar-refractivity contribution in [3.63, 3.8) is 0 Å². The maximum absolute atomic E-state index is 13.7. The van der Waals surface area contributed by atoms with E-state index in [2.05, 4.69) is 44.8 Å². The van der Waals surface area contributed by atoms with E-state index < -0.39 is 0 Å². The molecule has 3 aromatic carbocycles. The third-order valence-corrected chi connectivity index (χ3v) is 10.1. The fourth-order valence-electron chi connectivity index (χ4n) is 7.62. The predicted molar refractivity (Wildman–Crippen MR) is 176 cm³/mol. The van der Waals surface area contributed by atoms with Crippen molar-refractivity contribution >= 4 is 39.4 Å². The monoisotopic (exact) mass is 602 g/mol. The number of rotatable bonds is 7. The lowest BCUT2D eigenvalue weighted by Crippen LogP contribution is -2.41. The Kier molecular flexibility index (Phi) is 6.49. The first-order valence-electron chi connectivity index (χ1n) is 15.9. The highest BCUT2D eigenvalue weighted by atomic mass is 16.5. The van der Waals surface area contributed by atoms with E-state index in [1.165, 1.54) is 19.8 Å². The zero-order chi connectivity index (χ0) is 31.0. The minimum Gasteiger partial charge on any atom is -0.494 e. The average Bonchev–Trinajstić information content (AvgIpc) is 3.44. The number of imidazole rings is 1. The summed E-state index contributed by atoms with van der Waals surface area (Å²) in [5.74, 6) is 2.41. The first-order valence-corrected chi connectivity index (χ1v) is 15.9. The number of nitrogens with one attached hydrogen (secondary N) is 1. The van der Waals surface area contributed by atoms with Crippen molar-refractivity contribution in [1.82, 2.24) is 19.0 Å². The number of hydrogen-bond donors (Lipinski definition) is 2. The van der Waals surface area contributed by atoms with Gasteiger partial charge in [-0.1, -0.05) is 24.3 Å². The molecule has 9 heteroatoms. The van der Waals surface area contributed by atoms with Crippen molar-refractivity contribution in [2.45, 2.75) is 51.2 Å². The van der Waals surface area contributed by atoms with Gasteiger partial charge in [0.05, 0.1) is 18.3 Å². The average molecular weight is 603 g/mol. The van der Waals surface area contributed by atoms with Crippen LogP contribution in [0.5, 0.6) is 5.75 Å². The molecule has 3 unspecified atom stereocenters. The van der Waals surface area contributed by atoms with Crippen LogP contribution in [0, 0.1) is 11.8 Å². The van der Waals surface area contributed by atoms with Crippen molar-refractivity contribution in [1.29, 1.82) is 0 Å².